The summed E-state index contributed by atoms with van der Waals surface area (Å²) in [5.74, 6) is -0.484. The van der Waals surface area contributed by atoms with Gasteiger partial charge in [-0.1, -0.05) is 46.9 Å². The monoisotopic (exact) mass is 507 g/mol. The molecule has 0 bridgehead atoms. The highest BCUT2D eigenvalue weighted by Crippen LogP contribution is 2.29. The van der Waals surface area contributed by atoms with Crippen LogP contribution >= 0.6 is 47.0 Å². The van der Waals surface area contributed by atoms with E-state index >= 15 is 0 Å². The molecule has 3 aromatic rings. The molecule has 0 fully saturated rings. The molecule has 0 saturated heterocycles. The fourth-order valence-corrected chi connectivity index (χ4v) is 3.64. The lowest BCUT2D eigenvalue weighted by Gasteiger charge is -2.14. The van der Waals surface area contributed by atoms with Crippen molar-refractivity contribution in [1.29, 1.82) is 0 Å². The first-order chi connectivity index (χ1) is 15.3. The van der Waals surface area contributed by atoms with Gasteiger partial charge in [0.1, 0.15) is 5.75 Å². The summed E-state index contributed by atoms with van der Waals surface area (Å²) in [6.07, 6.45) is 0. The summed E-state index contributed by atoms with van der Waals surface area (Å²) in [5, 5.41) is 9.20. The highest BCUT2D eigenvalue weighted by Gasteiger charge is 2.15. The Morgan fingerprint density at radius 2 is 1.56 bits per heavy atom. The lowest BCUT2D eigenvalue weighted by Crippen LogP contribution is -2.34. The number of ether oxygens (including phenoxy) is 1. The summed E-state index contributed by atoms with van der Waals surface area (Å²) in [6.45, 7) is 0. The van der Waals surface area contributed by atoms with Gasteiger partial charge in [0.25, 0.3) is 11.8 Å². The summed E-state index contributed by atoms with van der Waals surface area (Å²) in [7, 11) is 1.47. The summed E-state index contributed by atoms with van der Waals surface area (Å²) in [5.41, 5.74) is 1.54. The van der Waals surface area contributed by atoms with Gasteiger partial charge in [-0.2, -0.15) is 0 Å². The number of halogens is 3. The van der Waals surface area contributed by atoms with Crippen LogP contribution in [0.15, 0.2) is 60.7 Å². The van der Waals surface area contributed by atoms with Crippen LogP contribution in [0.2, 0.25) is 15.1 Å². The first kappa shape index (κ1) is 23.8. The predicted octanol–water partition coefficient (Wildman–Crippen LogP) is 6.03. The highest BCUT2D eigenvalue weighted by atomic mass is 35.5. The van der Waals surface area contributed by atoms with Crippen molar-refractivity contribution in [3.05, 3.63) is 86.9 Å². The van der Waals surface area contributed by atoms with Gasteiger partial charge >= 0.3 is 0 Å². The van der Waals surface area contributed by atoms with E-state index in [1.807, 2.05) is 0 Å². The zero-order valence-electron chi connectivity index (χ0n) is 16.5. The van der Waals surface area contributed by atoms with Crippen LogP contribution in [0, 0.1) is 0 Å². The molecular weight excluding hydrogens is 493 g/mol. The predicted molar refractivity (Wildman–Crippen MR) is 133 cm³/mol. The Bertz CT molecular complexity index is 1200. The van der Waals surface area contributed by atoms with E-state index in [9.17, 15) is 9.59 Å². The minimum atomic E-state index is -0.486. The Hall–Kier alpha value is -2.84. The van der Waals surface area contributed by atoms with Crippen LogP contribution in [0.4, 0.5) is 11.4 Å². The third-order valence-corrected chi connectivity index (χ3v) is 5.31. The van der Waals surface area contributed by atoms with E-state index in [4.69, 9.17) is 51.8 Å². The number of anilines is 2. The maximum absolute atomic E-state index is 12.5. The van der Waals surface area contributed by atoms with Crippen LogP contribution in [0.3, 0.4) is 0 Å². The van der Waals surface area contributed by atoms with E-state index < -0.39 is 5.91 Å². The van der Waals surface area contributed by atoms with E-state index in [1.54, 1.807) is 48.5 Å². The maximum Gasteiger partial charge on any atom is 0.258 e. The van der Waals surface area contributed by atoms with Gasteiger partial charge < -0.3 is 15.4 Å². The molecule has 10 heteroatoms. The average Bonchev–Trinajstić information content (AvgIpc) is 2.74. The van der Waals surface area contributed by atoms with Crippen molar-refractivity contribution in [3.63, 3.8) is 0 Å². The number of carbonyl (C=O) groups is 2. The summed E-state index contributed by atoms with van der Waals surface area (Å²) >= 11 is 23.2. The van der Waals surface area contributed by atoms with Crippen LogP contribution in [0.25, 0.3) is 0 Å². The van der Waals surface area contributed by atoms with Gasteiger partial charge in [0.15, 0.2) is 5.11 Å². The fourth-order valence-electron chi connectivity index (χ4n) is 2.71. The van der Waals surface area contributed by atoms with Gasteiger partial charge in [-0.15, -0.1) is 0 Å². The van der Waals surface area contributed by atoms with Crippen molar-refractivity contribution in [2.24, 2.45) is 0 Å². The minimum Gasteiger partial charge on any atom is -0.494 e. The topological polar surface area (TPSA) is 79.5 Å². The van der Waals surface area contributed by atoms with Crippen LogP contribution < -0.4 is 20.7 Å². The Kier molecular flexibility index (Phi) is 7.93. The van der Waals surface area contributed by atoms with Crippen molar-refractivity contribution in [2.45, 2.75) is 0 Å². The second kappa shape index (κ2) is 10.7. The van der Waals surface area contributed by atoms with E-state index in [0.717, 1.165) is 0 Å². The number of amides is 2. The molecule has 6 nitrogen and oxygen atoms in total. The number of benzene rings is 3. The van der Waals surface area contributed by atoms with Gasteiger partial charge in [0, 0.05) is 16.8 Å². The van der Waals surface area contributed by atoms with Gasteiger partial charge in [0.05, 0.1) is 34.0 Å². The molecule has 3 aromatic carbocycles. The molecule has 0 atom stereocenters. The van der Waals surface area contributed by atoms with Crippen molar-refractivity contribution < 1.29 is 14.3 Å². The molecule has 0 unspecified atom stereocenters. The summed E-state index contributed by atoms with van der Waals surface area (Å²) in [6, 6.07) is 16.2. The standard InChI is InChI=1S/C22H16Cl3N3O3S/c1-31-19-11-13(7-9-18(19)27-20(29)14-4-2-3-5-16(14)24)26-22(32)28-21(30)15-8-6-12(23)10-17(15)25/h2-11H,1H3,(H,27,29)(H2,26,28,30,32). The third kappa shape index (κ3) is 5.89. The molecule has 0 heterocycles. The number of methoxy groups -OCH3 is 1. The zero-order valence-corrected chi connectivity index (χ0v) is 19.6. The lowest BCUT2D eigenvalue weighted by molar-refractivity contribution is 0.0976. The Balaban J connectivity index is 1.68. The third-order valence-electron chi connectivity index (χ3n) is 4.23. The van der Waals surface area contributed by atoms with Crippen LogP contribution in [-0.2, 0) is 0 Å². The van der Waals surface area contributed by atoms with E-state index in [0.29, 0.717) is 32.7 Å². The van der Waals surface area contributed by atoms with E-state index in [-0.39, 0.29) is 21.6 Å². The Morgan fingerprint density at radius 1 is 0.844 bits per heavy atom. The van der Waals surface area contributed by atoms with Crippen molar-refractivity contribution >= 4 is 75.3 Å². The van der Waals surface area contributed by atoms with Crippen molar-refractivity contribution in [2.75, 3.05) is 17.7 Å². The molecule has 0 aliphatic rings. The molecular formula is C22H16Cl3N3O3S. The zero-order chi connectivity index (χ0) is 23.3. The number of rotatable bonds is 5. The highest BCUT2D eigenvalue weighted by molar-refractivity contribution is 7.80. The van der Waals surface area contributed by atoms with Crippen LogP contribution in [-0.4, -0.2) is 24.0 Å². The lowest BCUT2D eigenvalue weighted by atomic mass is 10.2. The second-order valence-electron chi connectivity index (χ2n) is 6.38. The minimum absolute atomic E-state index is 0.0518. The largest absolute Gasteiger partial charge is 0.494 e. The second-order valence-corrected chi connectivity index (χ2v) is 8.04. The smallest absolute Gasteiger partial charge is 0.258 e. The average molecular weight is 509 g/mol. The van der Waals surface area contributed by atoms with E-state index in [2.05, 4.69) is 16.0 Å². The number of hydrogen-bond acceptors (Lipinski definition) is 4. The molecule has 32 heavy (non-hydrogen) atoms. The van der Waals surface area contributed by atoms with Crippen molar-refractivity contribution in [3.8, 4) is 5.75 Å². The quantitative estimate of drug-likeness (QED) is 0.367. The summed E-state index contributed by atoms with van der Waals surface area (Å²) < 4.78 is 5.36. The Labute approximate surface area is 204 Å². The number of nitrogens with one attached hydrogen (secondary N) is 3. The Morgan fingerprint density at radius 3 is 2.25 bits per heavy atom. The van der Waals surface area contributed by atoms with Crippen molar-refractivity contribution in [1.82, 2.24) is 5.32 Å². The number of thiocarbonyl (C=S) groups is 1. The van der Waals surface area contributed by atoms with Gasteiger partial charge in [0.2, 0.25) is 0 Å². The van der Waals surface area contributed by atoms with Gasteiger partial charge in [-0.25, -0.2) is 0 Å². The molecule has 164 valence electrons. The molecule has 3 N–H and O–H groups in total. The van der Waals surface area contributed by atoms with Gasteiger partial charge in [-0.3, -0.25) is 14.9 Å². The summed E-state index contributed by atoms with van der Waals surface area (Å²) in [4.78, 5) is 24.9. The SMILES string of the molecule is COc1cc(NC(=S)NC(=O)c2ccc(Cl)cc2Cl)ccc1NC(=O)c1ccccc1Cl. The van der Waals surface area contributed by atoms with E-state index in [1.165, 1.54) is 19.2 Å². The fraction of sp³-hybridized carbons (Fsp3) is 0.0455. The molecule has 0 spiro atoms. The molecule has 0 radical (unpaired) electrons. The molecule has 0 aliphatic carbocycles. The van der Waals surface area contributed by atoms with Crippen LogP contribution in [0.5, 0.6) is 5.75 Å². The first-order valence-corrected chi connectivity index (χ1v) is 10.6. The molecule has 2 amide bonds. The molecule has 0 aromatic heterocycles. The normalized spacial score (nSPS) is 10.2. The first-order valence-electron chi connectivity index (χ1n) is 9.10. The molecule has 3 rings (SSSR count). The van der Waals surface area contributed by atoms with Crippen LogP contribution in [0.1, 0.15) is 20.7 Å². The maximum atomic E-state index is 12.5. The van der Waals surface area contributed by atoms with Gasteiger partial charge in [-0.05, 0) is 54.7 Å². The number of carbonyl (C=O) groups excluding carboxylic acids is 2. The number of hydrogen-bond donors (Lipinski definition) is 3. The molecule has 0 saturated carbocycles. The molecule has 0 aliphatic heterocycles.